The Bertz CT molecular complexity index is 856. The summed E-state index contributed by atoms with van der Waals surface area (Å²) in [7, 11) is 0. The highest BCUT2D eigenvalue weighted by atomic mass is 16.3. The van der Waals surface area contributed by atoms with E-state index >= 15 is 0 Å². The smallest absolute Gasteiger partial charge is 0.181 e. The number of rotatable bonds is 6. The molecule has 5 heteroatoms. The molecule has 0 saturated carbocycles. The van der Waals surface area contributed by atoms with Gasteiger partial charge in [-0.05, 0) is 29.5 Å². The second kappa shape index (κ2) is 7.40. The molecular formula is C20H21NO4. The van der Waals surface area contributed by atoms with Crippen LogP contribution in [-0.4, -0.2) is 20.3 Å². The highest BCUT2D eigenvalue weighted by Gasteiger charge is 2.19. The monoisotopic (exact) mass is 339 g/mol. The fraction of sp³-hybridized carbons (Fsp3) is 0.250. The number of nitrogens with zero attached hydrogens (tertiary/aromatic N) is 1. The van der Waals surface area contributed by atoms with Gasteiger partial charge in [0.25, 0.3) is 0 Å². The highest BCUT2D eigenvalue weighted by Crippen LogP contribution is 2.40. The SMILES string of the molecule is CCc1c(O)cc(O)c(-c2ccccc2)c1CCc1ocnc1CO. The summed E-state index contributed by atoms with van der Waals surface area (Å²) < 4.78 is 5.36. The molecule has 2 aromatic carbocycles. The molecule has 3 rings (SSSR count). The minimum absolute atomic E-state index is 0.0517. The van der Waals surface area contributed by atoms with Crippen molar-refractivity contribution >= 4 is 0 Å². The van der Waals surface area contributed by atoms with E-state index in [0.29, 0.717) is 30.7 Å². The summed E-state index contributed by atoms with van der Waals surface area (Å²) in [5.41, 5.74) is 3.82. The van der Waals surface area contributed by atoms with Crippen LogP contribution in [0.25, 0.3) is 11.1 Å². The minimum atomic E-state index is -0.177. The van der Waals surface area contributed by atoms with Gasteiger partial charge >= 0.3 is 0 Å². The number of aliphatic hydroxyl groups is 1. The van der Waals surface area contributed by atoms with Crippen LogP contribution in [0.3, 0.4) is 0 Å². The zero-order chi connectivity index (χ0) is 17.8. The molecule has 25 heavy (non-hydrogen) atoms. The quantitative estimate of drug-likeness (QED) is 0.639. The maximum Gasteiger partial charge on any atom is 0.181 e. The van der Waals surface area contributed by atoms with Crippen LogP contribution >= 0.6 is 0 Å². The molecule has 0 radical (unpaired) electrons. The van der Waals surface area contributed by atoms with Gasteiger partial charge in [0.15, 0.2) is 6.39 Å². The number of phenolic OH excluding ortho intramolecular Hbond substituents is 2. The van der Waals surface area contributed by atoms with Crippen LogP contribution in [0.5, 0.6) is 11.5 Å². The van der Waals surface area contributed by atoms with Gasteiger partial charge in [-0.2, -0.15) is 0 Å². The van der Waals surface area contributed by atoms with Gasteiger partial charge in [-0.15, -0.1) is 0 Å². The van der Waals surface area contributed by atoms with Crippen LogP contribution in [0.2, 0.25) is 0 Å². The van der Waals surface area contributed by atoms with Crippen LogP contribution in [0.15, 0.2) is 47.2 Å². The van der Waals surface area contributed by atoms with E-state index in [1.807, 2.05) is 37.3 Å². The number of aliphatic hydroxyl groups excluding tert-OH is 1. The number of aryl methyl sites for hydroxylation is 1. The van der Waals surface area contributed by atoms with Crippen LogP contribution < -0.4 is 0 Å². The van der Waals surface area contributed by atoms with E-state index in [9.17, 15) is 15.3 Å². The summed E-state index contributed by atoms with van der Waals surface area (Å²) in [5, 5.41) is 30.1. The van der Waals surface area contributed by atoms with E-state index in [1.165, 1.54) is 12.5 Å². The molecule has 1 aromatic heterocycles. The zero-order valence-electron chi connectivity index (χ0n) is 14.1. The molecule has 3 aromatic rings. The fourth-order valence-electron chi connectivity index (χ4n) is 3.21. The molecule has 0 atom stereocenters. The molecule has 130 valence electrons. The van der Waals surface area contributed by atoms with Crippen molar-refractivity contribution in [2.24, 2.45) is 0 Å². The van der Waals surface area contributed by atoms with Gasteiger partial charge in [0.2, 0.25) is 0 Å². The van der Waals surface area contributed by atoms with Crippen molar-refractivity contribution in [1.29, 1.82) is 0 Å². The van der Waals surface area contributed by atoms with Gasteiger partial charge in [0.1, 0.15) is 23.0 Å². The van der Waals surface area contributed by atoms with E-state index < -0.39 is 0 Å². The minimum Gasteiger partial charge on any atom is -0.508 e. The Balaban J connectivity index is 2.06. The molecule has 1 heterocycles. The van der Waals surface area contributed by atoms with Crippen LogP contribution in [0, 0.1) is 0 Å². The Kier molecular flexibility index (Phi) is 5.05. The summed E-state index contributed by atoms with van der Waals surface area (Å²) in [4.78, 5) is 3.99. The molecule has 0 aliphatic heterocycles. The second-order valence-electron chi connectivity index (χ2n) is 5.85. The Morgan fingerprint density at radius 3 is 2.44 bits per heavy atom. The van der Waals surface area contributed by atoms with Crippen molar-refractivity contribution in [3.63, 3.8) is 0 Å². The average Bonchev–Trinajstić information content (AvgIpc) is 3.08. The van der Waals surface area contributed by atoms with E-state index in [2.05, 4.69) is 4.98 Å². The van der Waals surface area contributed by atoms with Gasteiger partial charge in [0, 0.05) is 18.1 Å². The summed E-state index contributed by atoms with van der Waals surface area (Å²) in [6.07, 6.45) is 3.04. The summed E-state index contributed by atoms with van der Waals surface area (Å²) in [5.74, 6) is 0.761. The van der Waals surface area contributed by atoms with Crippen molar-refractivity contribution in [2.75, 3.05) is 0 Å². The highest BCUT2D eigenvalue weighted by molar-refractivity contribution is 5.77. The van der Waals surface area contributed by atoms with Gasteiger partial charge < -0.3 is 19.7 Å². The van der Waals surface area contributed by atoms with E-state index in [-0.39, 0.29) is 18.1 Å². The standard InChI is InChI=1S/C20H21NO4/c1-2-14-15(8-9-19-16(11-22)21-12-25-19)20(18(24)10-17(14)23)13-6-4-3-5-7-13/h3-7,10,12,22-24H,2,8-9,11H2,1H3. The number of oxazole rings is 1. The molecule has 5 nitrogen and oxygen atoms in total. The molecule has 0 bridgehead atoms. The van der Waals surface area contributed by atoms with Crippen LogP contribution in [-0.2, 0) is 25.9 Å². The fourth-order valence-corrected chi connectivity index (χ4v) is 3.21. The number of hydrogen-bond acceptors (Lipinski definition) is 5. The topological polar surface area (TPSA) is 86.7 Å². The molecular weight excluding hydrogens is 318 g/mol. The number of aromatic hydroxyl groups is 2. The van der Waals surface area contributed by atoms with E-state index in [0.717, 1.165) is 22.3 Å². The maximum atomic E-state index is 10.5. The first-order valence-electron chi connectivity index (χ1n) is 8.29. The molecule has 0 unspecified atom stereocenters. The zero-order valence-corrected chi connectivity index (χ0v) is 14.1. The third kappa shape index (κ3) is 3.37. The van der Waals surface area contributed by atoms with Crippen molar-refractivity contribution < 1.29 is 19.7 Å². The molecule has 0 saturated heterocycles. The molecule has 0 aliphatic carbocycles. The summed E-state index contributed by atoms with van der Waals surface area (Å²) >= 11 is 0. The average molecular weight is 339 g/mol. The summed E-state index contributed by atoms with van der Waals surface area (Å²) in [6, 6.07) is 11.0. The van der Waals surface area contributed by atoms with Gasteiger partial charge in [-0.3, -0.25) is 0 Å². The van der Waals surface area contributed by atoms with E-state index in [1.54, 1.807) is 0 Å². The predicted octanol–water partition coefficient (Wildman–Crippen LogP) is 3.59. The molecule has 0 spiro atoms. The van der Waals surface area contributed by atoms with Gasteiger partial charge in [-0.1, -0.05) is 37.3 Å². The van der Waals surface area contributed by atoms with Crippen molar-refractivity contribution in [1.82, 2.24) is 4.98 Å². The second-order valence-corrected chi connectivity index (χ2v) is 5.85. The normalized spacial score (nSPS) is 11.0. The molecule has 0 amide bonds. The van der Waals surface area contributed by atoms with Crippen molar-refractivity contribution in [3.05, 3.63) is 65.4 Å². The molecule has 3 N–H and O–H groups in total. The lowest BCUT2D eigenvalue weighted by atomic mass is 9.89. The first-order chi connectivity index (χ1) is 12.2. The lowest BCUT2D eigenvalue weighted by Crippen LogP contribution is -2.02. The number of aromatic nitrogens is 1. The Morgan fingerprint density at radius 1 is 1.00 bits per heavy atom. The van der Waals surface area contributed by atoms with Crippen LogP contribution in [0.1, 0.15) is 29.5 Å². The number of hydrogen-bond donors (Lipinski definition) is 3. The molecule has 0 aliphatic rings. The number of phenols is 2. The van der Waals surface area contributed by atoms with Gasteiger partial charge in [-0.25, -0.2) is 4.98 Å². The molecule has 0 fully saturated rings. The van der Waals surface area contributed by atoms with E-state index in [4.69, 9.17) is 4.42 Å². The Morgan fingerprint density at radius 2 is 1.76 bits per heavy atom. The first-order valence-corrected chi connectivity index (χ1v) is 8.29. The van der Waals surface area contributed by atoms with Crippen molar-refractivity contribution in [3.8, 4) is 22.6 Å². The van der Waals surface area contributed by atoms with Crippen LogP contribution in [0.4, 0.5) is 0 Å². The Labute approximate surface area is 146 Å². The predicted molar refractivity (Wildman–Crippen MR) is 94.4 cm³/mol. The first kappa shape index (κ1) is 17.0. The lowest BCUT2D eigenvalue weighted by Gasteiger charge is -2.17. The van der Waals surface area contributed by atoms with Crippen molar-refractivity contribution in [2.45, 2.75) is 32.8 Å². The Hall–Kier alpha value is -2.79. The third-order valence-electron chi connectivity index (χ3n) is 4.40. The lowest BCUT2D eigenvalue weighted by molar-refractivity contribution is 0.274. The van der Waals surface area contributed by atoms with Gasteiger partial charge in [0.05, 0.1) is 6.61 Å². The third-order valence-corrected chi connectivity index (χ3v) is 4.40. The maximum absolute atomic E-state index is 10.5. The summed E-state index contributed by atoms with van der Waals surface area (Å²) in [6.45, 7) is 1.79. The largest absolute Gasteiger partial charge is 0.508 e. The number of benzene rings is 2.